The van der Waals surface area contributed by atoms with Crippen LogP contribution in [0.4, 0.5) is 5.95 Å². The summed E-state index contributed by atoms with van der Waals surface area (Å²) in [6.45, 7) is 2.92. The lowest BCUT2D eigenvalue weighted by molar-refractivity contribution is 0.615. The van der Waals surface area contributed by atoms with Crippen LogP contribution in [0.1, 0.15) is 39.0 Å². The van der Waals surface area contributed by atoms with Gasteiger partial charge in [0.25, 0.3) is 0 Å². The molecule has 1 aliphatic carbocycles. The summed E-state index contributed by atoms with van der Waals surface area (Å²) in [5, 5.41) is 3.76. The molecule has 1 aromatic rings. The summed E-state index contributed by atoms with van der Waals surface area (Å²) in [6.07, 6.45) is 11.7. The number of rotatable bonds is 6. The van der Waals surface area contributed by atoms with Crippen molar-refractivity contribution in [1.82, 2.24) is 9.55 Å². The summed E-state index contributed by atoms with van der Waals surface area (Å²) < 4.78 is 13.5. The van der Waals surface area contributed by atoms with Crippen molar-refractivity contribution in [2.45, 2.75) is 56.9 Å². The molecule has 1 heterocycles. The zero-order valence-corrected chi connectivity index (χ0v) is 12.1. The molecular formula is C13H23N3OS. The Balaban J connectivity index is 1.88. The SMILES string of the molecule is CC(CCn1ccnc1NC1CCCC1)S(C)=O. The van der Waals surface area contributed by atoms with E-state index in [1.54, 1.807) is 6.26 Å². The highest BCUT2D eigenvalue weighted by atomic mass is 32.2. The molecule has 2 rings (SSSR count). The molecule has 2 atom stereocenters. The van der Waals surface area contributed by atoms with E-state index in [1.165, 1.54) is 25.7 Å². The predicted molar refractivity (Wildman–Crippen MR) is 76.3 cm³/mol. The van der Waals surface area contributed by atoms with E-state index in [-0.39, 0.29) is 5.25 Å². The molecule has 18 heavy (non-hydrogen) atoms. The van der Waals surface area contributed by atoms with Crippen molar-refractivity contribution in [2.75, 3.05) is 11.6 Å². The summed E-state index contributed by atoms with van der Waals surface area (Å²) in [6, 6.07) is 0.587. The quantitative estimate of drug-likeness (QED) is 0.862. The number of aromatic nitrogens is 2. The monoisotopic (exact) mass is 269 g/mol. The van der Waals surface area contributed by atoms with Crippen LogP contribution < -0.4 is 5.32 Å². The number of nitrogens with one attached hydrogen (secondary N) is 1. The maximum atomic E-state index is 11.3. The van der Waals surface area contributed by atoms with Crippen LogP contribution in [0.15, 0.2) is 12.4 Å². The second-order valence-corrected chi connectivity index (χ2v) is 6.97. The molecule has 0 aromatic carbocycles. The molecule has 1 aliphatic rings. The van der Waals surface area contributed by atoms with Crippen LogP contribution in [-0.4, -0.2) is 31.3 Å². The number of aryl methyl sites for hydroxylation is 1. The number of anilines is 1. The topological polar surface area (TPSA) is 46.9 Å². The highest BCUT2D eigenvalue weighted by Gasteiger charge is 2.16. The van der Waals surface area contributed by atoms with Crippen molar-refractivity contribution in [1.29, 1.82) is 0 Å². The molecule has 4 nitrogen and oxygen atoms in total. The number of nitrogens with zero attached hydrogens (tertiary/aromatic N) is 2. The first kappa shape index (κ1) is 13.6. The van der Waals surface area contributed by atoms with E-state index in [9.17, 15) is 4.21 Å². The molecule has 0 spiro atoms. The van der Waals surface area contributed by atoms with Gasteiger partial charge in [0.05, 0.1) is 0 Å². The van der Waals surface area contributed by atoms with Gasteiger partial charge in [-0.05, 0) is 19.3 Å². The van der Waals surface area contributed by atoms with Crippen LogP contribution in [0.25, 0.3) is 0 Å². The van der Waals surface area contributed by atoms with E-state index in [2.05, 4.69) is 14.9 Å². The summed E-state index contributed by atoms with van der Waals surface area (Å²) >= 11 is 0. The fraction of sp³-hybridized carbons (Fsp3) is 0.769. The van der Waals surface area contributed by atoms with Crippen LogP contribution >= 0.6 is 0 Å². The van der Waals surface area contributed by atoms with Gasteiger partial charge in [0.15, 0.2) is 0 Å². The van der Waals surface area contributed by atoms with Gasteiger partial charge in [-0.25, -0.2) is 4.98 Å². The van der Waals surface area contributed by atoms with Crippen LogP contribution in [0.2, 0.25) is 0 Å². The third-order valence-electron chi connectivity index (χ3n) is 3.75. The smallest absolute Gasteiger partial charge is 0.202 e. The standard InChI is InChI=1S/C13H23N3OS/c1-11(18(2)17)7-9-16-10-8-14-13(16)15-12-5-3-4-6-12/h8,10-12H,3-7,9H2,1-2H3,(H,14,15). The summed E-state index contributed by atoms with van der Waals surface area (Å²) in [5.74, 6) is 0.969. The average molecular weight is 269 g/mol. The normalized spacial score (nSPS) is 19.9. The third kappa shape index (κ3) is 3.57. The van der Waals surface area contributed by atoms with Gasteiger partial charge >= 0.3 is 0 Å². The first-order chi connectivity index (χ1) is 8.66. The highest BCUT2D eigenvalue weighted by molar-refractivity contribution is 7.84. The predicted octanol–water partition coefficient (Wildman–Crippen LogP) is 2.39. The number of imidazole rings is 1. The second-order valence-electron chi connectivity index (χ2n) is 5.17. The average Bonchev–Trinajstić information content (AvgIpc) is 2.98. The van der Waals surface area contributed by atoms with Crippen LogP contribution in [-0.2, 0) is 17.3 Å². The lowest BCUT2D eigenvalue weighted by atomic mass is 10.2. The maximum absolute atomic E-state index is 11.3. The number of hydrogen-bond acceptors (Lipinski definition) is 3. The Morgan fingerprint density at radius 1 is 1.56 bits per heavy atom. The van der Waals surface area contributed by atoms with Crippen LogP contribution in [0.5, 0.6) is 0 Å². The molecule has 0 bridgehead atoms. The molecule has 0 aliphatic heterocycles. The minimum absolute atomic E-state index is 0.242. The van der Waals surface area contributed by atoms with E-state index < -0.39 is 10.8 Å². The van der Waals surface area contributed by atoms with Gasteiger partial charge in [0, 0.05) is 47.3 Å². The zero-order chi connectivity index (χ0) is 13.0. The Bertz CT molecular complexity index is 399. The lowest BCUT2D eigenvalue weighted by Crippen LogP contribution is -2.19. The van der Waals surface area contributed by atoms with Gasteiger partial charge < -0.3 is 9.88 Å². The van der Waals surface area contributed by atoms with Crippen molar-refractivity contribution in [2.24, 2.45) is 0 Å². The minimum atomic E-state index is -0.737. The fourth-order valence-corrected chi connectivity index (χ4v) is 2.81. The van der Waals surface area contributed by atoms with E-state index in [4.69, 9.17) is 0 Å². The Morgan fingerprint density at radius 2 is 2.28 bits per heavy atom. The van der Waals surface area contributed by atoms with Crippen molar-refractivity contribution in [3.05, 3.63) is 12.4 Å². The van der Waals surface area contributed by atoms with E-state index in [0.717, 1.165) is 18.9 Å². The Labute approximate surface area is 112 Å². The molecule has 1 N–H and O–H groups in total. The largest absolute Gasteiger partial charge is 0.353 e. The van der Waals surface area contributed by atoms with E-state index in [0.29, 0.717) is 6.04 Å². The summed E-state index contributed by atoms with van der Waals surface area (Å²) in [5.41, 5.74) is 0. The third-order valence-corrected chi connectivity index (χ3v) is 5.12. The minimum Gasteiger partial charge on any atom is -0.353 e. The highest BCUT2D eigenvalue weighted by Crippen LogP contribution is 2.21. The first-order valence-electron chi connectivity index (χ1n) is 6.76. The van der Waals surface area contributed by atoms with Gasteiger partial charge in [-0.2, -0.15) is 0 Å². The molecule has 0 amide bonds. The molecule has 0 radical (unpaired) electrons. The first-order valence-corrected chi connectivity index (χ1v) is 8.39. The van der Waals surface area contributed by atoms with Crippen molar-refractivity contribution < 1.29 is 4.21 Å². The van der Waals surface area contributed by atoms with Crippen molar-refractivity contribution in [3.8, 4) is 0 Å². The summed E-state index contributed by atoms with van der Waals surface area (Å²) in [4.78, 5) is 4.38. The Morgan fingerprint density at radius 3 is 2.94 bits per heavy atom. The van der Waals surface area contributed by atoms with Crippen LogP contribution in [0, 0.1) is 0 Å². The molecule has 0 saturated heterocycles. The molecule has 1 fully saturated rings. The van der Waals surface area contributed by atoms with E-state index in [1.807, 2.05) is 19.3 Å². The Kier molecular flexibility index (Phi) is 4.80. The van der Waals surface area contributed by atoms with Gasteiger partial charge in [-0.3, -0.25) is 4.21 Å². The second kappa shape index (κ2) is 6.36. The molecule has 5 heteroatoms. The molecular weight excluding hydrogens is 246 g/mol. The zero-order valence-electron chi connectivity index (χ0n) is 11.3. The maximum Gasteiger partial charge on any atom is 0.202 e. The fourth-order valence-electron chi connectivity index (χ4n) is 2.37. The van der Waals surface area contributed by atoms with Gasteiger partial charge in [-0.1, -0.05) is 19.8 Å². The summed E-state index contributed by atoms with van der Waals surface area (Å²) in [7, 11) is -0.737. The van der Waals surface area contributed by atoms with Gasteiger partial charge in [-0.15, -0.1) is 0 Å². The van der Waals surface area contributed by atoms with Gasteiger partial charge in [0.2, 0.25) is 5.95 Å². The van der Waals surface area contributed by atoms with Crippen LogP contribution in [0.3, 0.4) is 0 Å². The van der Waals surface area contributed by atoms with Crippen molar-refractivity contribution >= 4 is 16.7 Å². The molecule has 1 aromatic heterocycles. The molecule has 1 saturated carbocycles. The Hall–Kier alpha value is -0.840. The number of hydrogen-bond donors (Lipinski definition) is 1. The van der Waals surface area contributed by atoms with Gasteiger partial charge in [0.1, 0.15) is 0 Å². The van der Waals surface area contributed by atoms with E-state index >= 15 is 0 Å². The lowest BCUT2D eigenvalue weighted by Gasteiger charge is -2.15. The van der Waals surface area contributed by atoms with Crippen molar-refractivity contribution in [3.63, 3.8) is 0 Å². The molecule has 102 valence electrons. The molecule has 2 unspecified atom stereocenters.